The van der Waals surface area contributed by atoms with Gasteiger partial charge in [0.15, 0.2) is 0 Å². The number of amides is 1. The number of aliphatic hydroxyl groups excluding tert-OH is 1. The van der Waals surface area contributed by atoms with Crippen molar-refractivity contribution in [3.8, 4) is 0 Å². The summed E-state index contributed by atoms with van der Waals surface area (Å²) in [5, 5.41) is 21.8. The van der Waals surface area contributed by atoms with Gasteiger partial charge in [-0.05, 0) is 44.8 Å². The molecule has 2 aromatic carbocycles. The van der Waals surface area contributed by atoms with E-state index in [2.05, 4.69) is 0 Å². The number of hydrogen-bond donors (Lipinski definition) is 1. The number of non-ortho nitro benzene ring substituents is 1. The summed E-state index contributed by atoms with van der Waals surface area (Å²) in [4.78, 5) is 39.5. The van der Waals surface area contributed by atoms with Crippen LogP contribution in [0.25, 0.3) is 5.76 Å². The van der Waals surface area contributed by atoms with Crippen LogP contribution in [0.1, 0.15) is 23.6 Å². The summed E-state index contributed by atoms with van der Waals surface area (Å²) in [6, 6.07) is 13.6. The van der Waals surface area contributed by atoms with E-state index < -0.39 is 22.7 Å². The lowest BCUT2D eigenvalue weighted by atomic mass is 9.95. The summed E-state index contributed by atoms with van der Waals surface area (Å²) in [5.74, 6) is -1.76. The Balaban J connectivity index is 0.00000341. The number of carbonyl (C=O) groups is 2. The number of rotatable bonds is 7. The quantitative estimate of drug-likeness (QED) is 0.230. The molecule has 0 aromatic heterocycles. The van der Waals surface area contributed by atoms with Gasteiger partial charge in [0.1, 0.15) is 5.76 Å². The largest absolute Gasteiger partial charge is 0.507 e. The van der Waals surface area contributed by atoms with E-state index in [1.807, 2.05) is 25.1 Å². The van der Waals surface area contributed by atoms with Crippen LogP contribution in [0.3, 0.4) is 0 Å². The van der Waals surface area contributed by atoms with Gasteiger partial charge >= 0.3 is 0 Å². The zero-order valence-corrected chi connectivity index (χ0v) is 18.0. The van der Waals surface area contributed by atoms with Crippen LogP contribution >= 0.6 is 12.4 Å². The van der Waals surface area contributed by atoms with Gasteiger partial charge in [0.2, 0.25) is 0 Å². The summed E-state index contributed by atoms with van der Waals surface area (Å²) in [5.41, 5.74) is 0.818. The molecule has 1 unspecified atom stereocenters. The highest BCUT2D eigenvalue weighted by atomic mass is 35.5. The van der Waals surface area contributed by atoms with Crippen LogP contribution in [-0.2, 0) is 9.59 Å². The van der Waals surface area contributed by atoms with E-state index in [0.717, 1.165) is 6.54 Å². The van der Waals surface area contributed by atoms with Crippen LogP contribution in [0.15, 0.2) is 60.2 Å². The minimum absolute atomic E-state index is 0. The van der Waals surface area contributed by atoms with Gasteiger partial charge in [-0.1, -0.05) is 30.3 Å². The summed E-state index contributed by atoms with van der Waals surface area (Å²) < 4.78 is 0. The van der Waals surface area contributed by atoms with Crippen LogP contribution in [0.2, 0.25) is 0 Å². The first-order valence-corrected chi connectivity index (χ1v) is 9.54. The van der Waals surface area contributed by atoms with E-state index in [-0.39, 0.29) is 35.0 Å². The second-order valence-electron chi connectivity index (χ2n) is 7.36. The van der Waals surface area contributed by atoms with Gasteiger partial charge in [-0.2, -0.15) is 0 Å². The van der Waals surface area contributed by atoms with Gasteiger partial charge in [0.25, 0.3) is 17.4 Å². The predicted octanol–water partition coefficient (Wildman–Crippen LogP) is 3.39. The van der Waals surface area contributed by atoms with Crippen LogP contribution < -0.4 is 0 Å². The fourth-order valence-electron chi connectivity index (χ4n) is 3.55. The molecule has 1 saturated heterocycles. The van der Waals surface area contributed by atoms with Crippen LogP contribution in [0, 0.1) is 10.1 Å². The maximum atomic E-state index is 12.9. The third-order valence-corrected chi connectivity index (χ3v) is 5.01. The first-order chi connectivity index (χ1) is 14.3. The Bertz CT molecular complexity index is 990. The van der Waals surface area contributed by atoms with Crippen molar-refractivity contribution in [2.45, 2.75) is 12.5 Å². The number of carbonyl (C=O) groups excluding carboxylic acids is 2. The van der Waals surface area contributed by atoms with Crippen molar-refractivity contribution in [2.75, 3.05) is 27.2 Å². The van der Waals surface area contributed by atoms with Gasteiger partial charge in [-0.15, -0.1) is 12.4 Å². The standard InChI is InChI=1S/C22H23N3O5.ClH/c1-23(2)13-6-14-24-19(15-7-4-3-5-8-15)18(21(27)22(24)28)20(26)16-9-11-17(12-10-16)25(29)30;/h3-5,7-12,19,26H,6,13-14H2,1-2H3;1H/b20-18+;. The maximum absolute atomic E-state index is 12.9. The Morgan fingerprint density at radius 2 is 1.71 bits per heavy atom. The number of benzene rings is 2. The molecule has 0 saturated carbocycles. The second kappa shape index (κ2) is 10.2. The molecule has 0 bridgehead atoms. The van der Waals surface area contributed by atoms with Crippen molar-refractivity contribution < 1.29 is 19.6 Å². The number of Topliss-reactive ketones (excluding diaryl/α,β-unsaturated/α-hetero) is 1. The summed E-state index contributed by atoms with van der Waals surface area (Å²) in [6.45, 7) is 1.10. The van der Waals surface area contributed by atoms with Gasteiger partial charge in [0.05, 0.1) is 16.5 Å². The third kappa shape index (κ3) is 5.10. The van der Waals surface area contributed by atoms with E-state index in [1.165, 1.54) is 29.2 Å². The first kappa shape index (κ1) is 24.0. The molecule has 8 nitrogen and oxygen atoms in total. The fraction of sp³-hybridized carbons (Fsp3) is 0.273. The fourth-order valence-corrected chi connectivity index (χ4v) is 3.55. The number of aliphatic hydroxyl groups is 1. The smallest absolute Gasteiger partial charge is 0.295 e. The number of nitro groups is 1. The molecular formula is C22H24ClN3O5. The zero-order chi connectivity index (χ0) is 21.8. The van der Waals surface area contributed by atoms with Crippen LogP contribution in [0.4, 0.5) is 5.69 Å². The molecule has 1 aliphatic heterocycles. The topological polar surface area (TPSA) is 104 Å². The molecule has 1 heterocycles. The molecule has 1 N–H and O–H groups in total. The Hall–Kier alpha value is -3.23. The molecule has 1 amide bonds. The molecule has 2 aromatic rings. The number of ketones is 1. The summed E-state index contributed by atoms with van der Waals surface area (Å²) >= 11 is 0. The lowest BCUT2D eigenvalue weighted by Gasteiger charge is -2.26. The molecule has 1 atom stereocenters. The molecule has 1 fully saturated rings. The average Bonchev–Trinajstić information content (AvgIpc) is 2.98. The van der Waals surface area contributed by atoms with Crippen molar-refractivity contribution in [3.63, 3.8) is 0 Å². The Morgan fingerprint density at radius 1 is 1.10 bits per heavy atom. The Labute approximate surface area is 186 Å². The summed E-state index contributed by atoms with van der Waals surface area (Å²) in [7, 11) is 3.86. The normalized spacial score (nSPS) is 17.6. The van der Waals surface area contributed by atoms with Gasteiger partial charge in [-0.3, -0.25) is 19.7 Å². The molecule has 0 spiro atoms. The SMILES string of the molecule is CN(C)CCCN1C(=O)C(=O)/C(=C(/O)c2ccc([N+](=O)[O-])cc2)C1c1ccccc1.Cl. The predicted molar refractivity (Wildman–Crippen MR) is 119 cm³/mol. The maximum Gasteiger partial charge on any atom is 0.295 e. The molecule has 9 heteroatoms. The number of nitro benzene ring substituents is 1. The highest BCUT2D eigenvalue weighted by molar-refractivity contribution is 6.46. The second-order valence-corrected chi connectivity index (χ2v) is 7.36. The molecule has 31 heavy (non-hydrogen) atoms. The first-order valence-electron chi connectivity index (χ1n) is 9.54. The van der Waals surface area contributed by atoms with E-state index in [0.29, 0.717) is 18.5 Å². The Morgan fingerprint density at radius 3 is 2.26 bits per heavy atom. The van der Waals surface area contributed by atoms with Crippen LogP contribution in [-0.4, -0.2) is 58.7 Å². The number of halogens is 1. The van der Waals surface area contributed by atoms with Gasteiger partial charge in [-0.25, -0.2) is 0 Å². The van der Waals surface area contributed by atoms with Crippen molar-refractivity contribution in [1.29, 1.82) is 0 Å². The van der Waals surface area contributed by atoms with E-state index in [4.69, 9.17) is 0 Å². The minimum Gasteiger partial charge on any atom is -0.507 e. The van der Waals surface area contributed by atoms with E-state index in [9.17, 15) is 24.8 Å². The van der Waals surface area contributed by atoms with Crippen LogP contribution in [0.5, 0.6) is 0 Å². The third-order valence-electron chi connectivity index (χ3n) is 5.01. The lowest BCUT2D eigenvalue weighted by molar-refractivity contribution is -0.384. The highest BCUT2D eigenvalue weighted by Crippen LogP contribution is 2.39. The molecule has 1 aliphatic rings. The minimum atomic E-state index is -0.760. The van der Waals surface area contributed by atoms with Gasteiger partial charge in [0, 0.05) is 24.2 Å². The summed E-state index contributed by atoms with van der Waals surface area (Å²) in [6.07, 6.45) is 0.668. The number of likely N-dealkylation sites (tertiary alicyclic amines) is 1. The van der Waals surface area contributed by atoms with E-state index >= 15 is 0 Å². The monoisotopic (exact) mass is 445 g/mol. The van der Waals surface area contributed by atoms with Gasteiger partial charge < -0.3 is 14.9 Å². The van der Waals surface area contributed by atoms with Crippen molar-refractivity contribution in [2.24, 2.45) is 0 Å². The van der Waals surface area contributed by atoms with Crippen molar-refractivity contribution >= 4 is 35.5 Å². The molecule has 0 aliphatic carbocycles. The average molecular weight is 446 g/mol. The zero-order valence-electron chi connectivity index (χ0n) is 17.2. The molecule has 164 valence electrons. The Kier molecular flexibility index (Phi) is 7.90. The highest BCUT2D eigenvalue weighted by Gasteiger charge is 2.45. The number of hydrogen-bond acceptors (Lipinski definition) is 6. The molecule has 0 radical (unpaired) electrons. The van der Waals surface area contributed by atoms with Crippen molar-refractivity contribution in [3.05, 3.63) is 81.4 Å². The molecular weight excluding hydrogens is 422 g/mol. The molecule has 3 rings (SSSR count). The number of nitrogens with zero attached hydrogens (tertiary/aromatic N) is 3. The van der Waals surface area contributed by atoms with E-state index in [1.54, 1.807) is 24.3 Å². The lowest BCUT2D eigenvalue weighted by Crippen LogP contribution is -2.32. The van der Waals surface area contributed by atoms with Crippen molar-refractivity contribution in [1.82, 2.24) is 9.80 Å².